The lowest BCUT2D eigenvalue weighted by atomic mass is 9.97. The van der Waals surface area contributed by atoms with Gasteiger partial charge in [0.15, 0.2) is 0 Å². The van der Waals surface area contributed by atoms with Crippen LogP contribution in [0.5, 0.6) is 5.75 Å². The summed E-state index contributed by atoms with van der Waals surface area (Å²) in [6.07, 6.45) is 0.719. The Kier molecular flexibility index (Phi) is 3.07. The molecule has 0 aromatic heterocycles. The molecule has 2 nitrogen and oxygen atoms in total. The fourth-order valence-corrected chi connectivity index (χ4v) is 2.53. The van der Waals surface area contributed by atoms with E-state index in [-0.39, 0.29) is 0 Å². The van der Waals surface area contributed by atoms with Crippen LogP contribution in [-0.4, -0.2) is 5.11 Å². The summed E-state index contributed by atoms with van der Waals surface area (Å²) >= 11 is 0. The second-order valence-electron chi connectivity index (χ2n) is 5.13. The van der Waals surface area contributed by atoms with Crippen molar-refractivity contribution >= 4 is 16.5 Å². The van der Waals surface area contributed by atoms with Gasteiger partial charge in [0.2, 0.25) is 0 Å². The SMILES string of the molecule is Cc1ccc2c(O)c(Cc3ccccc3)ccc2c1N. The molecule has 100 valence electrons. The number of phenolic OH excluding ortho intramolecular Hbond substituents is 1. The van der Waals surface area contributed by atoms with Crippen LogP contribution in [-0.2, 0) is 6.42 Å². The number of nitrogens with two attached hydrogens (primary N) is 1. The molecular weight excluding hydrogens is 246 g/mol. The Labute approximate surface area is 118 Å². The number of hydrogen-bond acceptors (Lipinski definition) is 2. The monoisotopic (exact) mass is 263 g/mol. The third kappa shape index (κ3) is 2.10. The maximum absolute atomic E-state index is 10.5. The third-order valence-corrected chi connectivity index (χ3v) is 3.75. The van der Waals surface area contributed by atoms with Crippen molar-refractivity contribution in [2.24, 2.45) is 0 Å². The molecule has 3 aromatic rings. The molecule has 0 aliphatic heterocycles. The molecule has 20 heavy (non-hydrogen) atoms. The maximum atomic E-state index is 10.5. The van der Waals surface area contributed by atoms with Crippen LogP contribution in [0, 0.1) is 6.92 Å². The number of aryl methyl sites for hydroxylation is 1. The van der Waals surface area contributed by atoms with Crippen molar-refractivity contribution in [1.82, 2.24) is 0 Å². The first kappa shape index (κ1) is 12.5. The van der Waals surface area contributed by atoms with Crippen LogP contribution in [0.4, 0.5) is 5.69 Å². The molecule has 0 fully saturated rings. The number of phenols is 1. The highest BCUT2D eigenvalue weighted by Gasteiger charge is 2.09. The minimum Gasteiger partial charge on any atom is -0.507 e. The van der Waals surface area contributed by atoms with E-state index in [0.717, 1.165) is 34.0 Å². The summed E-state index contributed by atoms with van der Waals surface area (Å²) in [7, 11) is 0. The standard InChI is InChI=1S/C18H17NO/c1-12-7-9-16-15(17(12)19)10-8-14(18(16)20)11-13-5-3-2-4-6-13/h2-10,20H,11,19H2,1H3. The van der Waals surface area contributed by atoms with Crippen LogP contribution < -0.4 is 5.73 Å². The molecule has 0 saturated carbocycles. The summed E-state index contributed by atoms with van der Waals surface area (Å²) < 4.78 is 0. The summed E-state index contributed by atoms with van der Waals surface area (Å²) in [4.78, 5) is 0. The van der Waals surface area contributed by atoms with Gasteiger partial charge in [-0.05, 0) is 23.6 Å². The van der Waals surface area contributed by atoms with E-state index >= 15 is 0 Å². The average Bonchev–Trinajstić information content (AvgIpc) is 2.47. The zero-order valence-corrected chi connectivity index (χ0v) is 11.4. The first-order valence-electron chi connectivity index (χ1n) is 6.70. The van der Waals surface area contributed by atoms with Crippen molar-refractivity contribution in [2.45, 2.75) is 13.3 Å². The van der Waals surface area contributed by atoms with Gasteiger partial charge in [0.1, 0.15) is 5.75 Å². The van der Waals surface area contributed by atoms with E-state index in [1.807, 2.05) is 49.4 Å². The van der Waals surface area contributed by atoms with E-state index in [9.17, 15) is 5.11 Å². The number of aromatic hydroxyl groups is 1. The first-order chi connectivity index (χ1) is 9.66. The van der Waals surface area contributed by atoms with Crippen LogP contribution in [0.3, 0.4) is 0 Å². The van der Waals surface area contributed by atoms with Gasteiger partial charge in [-0.1, -0.05) is 54.6 Å². The highest BCUT2D eigenvalue weighted by molar-refractivity contribution is 5.98. The lowest BCUT2D eigenvalue weighted by Crippen LogP contribution is -1.94. The zero-order valence-electron chi connectivity index (χ0n) is 11.4. The fraction of sp³-hybridized carbons (Fsp3) is 0.111. The van der Waals surface area contributed by atoms with E-state index in [1.165, 1.54) is 5.56 Å². The molecular formula is C18H17NO. The van der Waals surface area contributed by atoms with E-state index in [4.69, 9.17) is 5.73 Å². The molecule has 0 bridgehead atoms. The number of nitrogen functional groups attached to an aromatic ring is 1. The smallest absolute Gasteiger partial charge is 0.127 e. The van der Waals surface area contributed by atoms with E-state index in [1.54, 1.807) is 0 Å². The van der Waals surface area contributed by atoms with E-state index in [0.29, 0.717) is 5.75 Å². The Hall–Kier alpha value is -2.48. The van der Waals surface area contributed by atoms with Gasteiger partial charge in [-0.25, -0.2) is 0 Å². The van der Waals surface area contributed by atoms with Gasteiger partial charge < -0.3 is 10.8 Å². The van der Waals surface area contributed by atoms with Crippen molar-refractivity contribution in [1.29, 1.82) is 0 Å². The van der Waals surface area contributed by atoms with Gasteiger partial charge in [-0.2, -0.15) is 0 Å². The topological polar surface area (TPSA) is 46.2 Å². The Balaban J connectivity index is 2.10. The van der Waals surface area contributed by atoms with Gasteiger partial charge in [-0.15, -0.1) is 0 Å². The lowest BCUT2D eigenvalue weighted by Gasteiger charge is -2.11. The first-order valence-corrected chi connectivity index (χ1v) is 6.70. The molecule has 0 amide bonds. The molecule has 0 atom stereocenters. The molecule has 3 rings (SSSR count). The second kappa shape index (κ2) is 4.89. The van der Waals surface area contributed by atoms with E-state index in [2.05, 4.69) is 12.1 Å². The van der Waals surface area contributed by atoms with Crippen LogP contribution in [0.25, 0.3) is 10.8 Å². The van der Waals surface area contributed by atoms with Crippen molar-refractivity contribution < 1.29 is 5.11 Å². The molecule has 2 heteroatoms. The average molecular weight is 263 g/mol. The molecule has 0 saturated heterocycles. The Morgan fingerprint density at radius 1 is 0.900 bits per heavy atom. The third-order valence-electron chi connectivity index (χ3n) is 3.75. The number of hydrogen-bond donors (Lipinski definition) is 2. The highest BCUT2D eigenvalue weighted by Crippen LogP contribution is 2.34. The largest absolute Gasteiger partial charge is 0.507 e. The zero-order chi connectivity index (χ0) is 14.1. The quantitative estimate of drug-likeness (QED) is 0.686. The van der Waals surface area contributed by atoms with Crippen molar-refractivity contribution in [3.8, 4) is 5.75 Å². The summed E-state index contributed by atoms with van der Waals surface area (Å²) in [6, 6.07) is 18.0. The minimum absolute atomic E-state index is 0.332. The minimum atomic E-state index is 0.332. The predicted octanol–water partition coefficient (Wildman–Crippen LogP) is 4.03. The number of anilines is 1. The summed E-state index contributed by atoms with van der Waals surface area (Å²) in [5.41, 5.74) is 9.96. The Morgan fingerprint density at radius 3 is 2.35 bits per heavy atom. The van der Waals surface area contributed by atoms with Gasteiger partial charge in [0.25, 0.3) is 0 Å². The van der Waals surface area contributed by atoms with Crippen LogP contribution in [0.1, 0.15) is 16.7 Å². The molecule has 0 aliphatic rings. The van der Waals surface area contributed by atoms with Crippen molar-refractivity contribution in [3.63, 3.8) is 0 Å². The second-order valence-corrected chi connectivity index (χ2v) is 5.13. The van der Waals surface area contributed by atoms with Gasteiger partial charge >= 0.3 is 0 Å². The molecule has 0 aliphatic carbocycles. The summed E-state index contributed by atoms with van der Waals surface area (Å²) in [5, 5.41) is 12.2. The normalized spacial score (nSPS) is 10.8. The van der Waals surface area contributed by atoms with Gasteiger partial charge in [0, 0.05) is 22.9 Å². The molecule has 0 radical (unpaired) electrons. The molecule has 0 spiro atoms. The maximum Gasteiger partial charge on any atom is 0.127 e. The van der Waals surface area contributed by atoms with Gasteiger partial charge in [0.05, 0.1) is 0 Å². The highest BCUT2D eigenvalue weighted by atomic mass is 16.3. The number of benzene rings is 3. The molecule has 0 heterocycles. The number of fused-ring (bicyclic) bond motifs is 1. The lowest BCUT2D eigenvalue weighted by molar-refractivity contribution is 0.476. The van der Waals surface area contributed by atoms with Crippen molar-refractivity contribution in [2.75, 3.05) is 5.73 Å². The van der Waals surface area contributed by atoms with Crippen LogP contribution >= 0.6 is 0 Å². The predicted molar refractivity (Wildman–Crippen MR) is 84.0 cm³/mol. The Bertz CT molecular complexity index is 763. The van der Waals surface area contributed by atoms with E-state index < -0.39 is 0 Å². The number of rotatable bonds is 2. The van der Waals surface area contributed by atoms with Crippen LogP contribution in [0.15, 0.2) is 54.6 Å². The van der Waals surface area contributed by atoms with Crippen molar-refractivity contribution in [3.05, 3.63) is 71.3 Å². The van der Waals surface area contributed by atoms with Crippen LogP contribution in [0.2, 0.25) is 0 Å². The fourth-order valence-electron chi connectivity index (χ4n) is 2.53. The summed E-state index contributed by atoms with van der Waals surface area (Å²) in [5.74, 6) is 0.332. The Morgan fingerprint density at radius 2 is 1.60 bits per heavy atom. The van der Waals surface area contributed by atoms with Gasteiger partial charge in [-0.3, -0.25) is 0 Å². The molecule has 0 unspecified atom stereocenters. The molecule has 3 aromatic carbocycles. The summed E-state index contributed by atoms with van der Waals surface area (Å²) in [6.45, 7) is 1.98. The molecule has 3 N–H and O–H groups in total.